The molecule has 0 unspecified atom stereocenters. The van der Waals surface area contributed by atoms with Crippen molar-refractivity contribution in [2.75, 3.05) is 24.3 Å². The molecule has 4 aromatic rings. The molecule has 0 saturated heterocycles. The molecular weight excluding hydrogens is 460 g/mol. The molecule has 1 heterocycles. The van der Waals surface area contributed by atoms with Crippen LogP contribution in [0, 0.1) is 0 Å². The Labute approximate surface area is 195 Å². The van der Waals surface area contributed by atoms with Crippen molar-refractivity contribution in [3.63, 3.8) is 0 Å². The summed E-state index contributed by atoms with van der Waals surface area (Å²) in [7, 11) is -0.763. The van der Waals surface area contributed by atoms with E-state index in [9.17, 15) is 13.2 Å². The standard InChI is InChI=1S/C23H20N4O6S/c1-31-17-11-12-19(20(14-17)32-2)22-25-26-23(33-22)24-21(28)15-7-6-8-16(13-15)27-34(29,30)18-9-4-3-5-10-18/h3-14,27H,1-2H3,(H,24,26,28). The number of nitrogens with one attached hydrogen (secondary N) is 2. The van der Waals surface area contributed by atoms with E-state index < -0.39 is 15.9 Å². The van der Waals surface area contributed by atoms with Gasteiger partial charge < -0.3 is 13.9 Å². The molecule has 0 saturated carbocycles. The molecule has 0 aliphatic rings. The van der Waals surface area contributed by atoms with Gasteiger partial charge in [0.25, 0.3) is 21.8 Å². The maximum absolute atomic E-state index is 12.7. The highest BCUT2D eigenvalue weighted by Crippen LogP contribution is 2.33. The van der Waals surface area contributed by atoms with Crippen molar-refractivity contribution >= 4 is 27.6 Å². The van der Waals surface area contributed by atoms with E-state index in [0.29, 0.717) is 17.1 Å². The molecule has 0 radical (unpaired) electrons. The minimum Gasteiger partial charge on any atom is -0.497 e. The average Bonchev–Trinajstić information content (AvgIpc) is 3.32. The van der Waals surface area contributed by atoms with Gasteiger partial charge in [-0.3, -0.25) is 14.8 Å². The quantitative estimate of drug-likeness (QED) is 0.389. The van der Waals surface area contributed by atoms with E-state index in [2.05, 4.69) is 20.2 Å². The Morgan fingerprint density at radius 2 is 1.71 bits per heavy atom. The highest BCUT2D eigenvalue weighted by molar-refractivity contribution is 7.92. The molecular formula is C23H20N4O6S. The number of carbonyl (C=O) groups is 1. The Balaban J connectivity index is 1.50. The van der Waals surface area contributed by atoms with Gasteiger partial charge in [-0.1, -0.05) is 29.4 Å². The fraction of sp³-hybridized carbons (Fsp3) is 0.0870. The summed E-state index contributed by atoms with van der Waals surface area (Å²) in [4.78, 5) is 12.8. The van der Waals surface area contributed by atoms with Gasteiger partial charge >= 0.3 is 6.01 Å². The van der Waals surface area contributed by atoms with Crippen LogP contribution in [0.5, 0.6) is 11.5 Å². The molecule has 0 spiro atoms. The first-order valence-electron chi connectivity index (χ1n) is 9.95. The molecule has 0 bridgehead atoms. The Hall–Kier alpha value is -4.38. The van der Waals surface area contributed by atoms with E-state index in [0.717, 1.165) is 0 Å². The lowest BCUT2D eigenvalue weighted by molar-refractivity contribution is 0.102. The maximum Gasteiger partial charge on any atom is 0.322 e. The second-order valence-electron chi connectivity index (χ2n) is 6.93. The first-order valence-corrected chi connectivity index (χ1v) is 11.4. The number of anilines is 2. The molecule has 34 heavy (non-hydrogen) atoms. The SMILES string of the molecule is COc1ccc(-c2nnc(NC(=O)c3cccc(NS(=O)(=O)c4ccccc4)c3)o2)c(OC)c1. The number of nitrogens with zero attached hydrogens (tertiary/aromatic N) is 2. The minimum absolute atomic E-state index is 0.109. The average molecular weight is 481 g/mol. The Bertz CT molecular complexity index is 1420. The van der Waals surface area contributed by atoms with Crippen LogP contribution in [0.4, 0.5) is 11.7 Å². The summed E-state index contributed by atoms with van der Waals surface area (Å²) in [5, 5.41) is 10.3. The third kappa shape index (κ3) is 4.99. The number of amides is 1. The van der Waals surface area contributed by atoms with Crippen molar-refractivity contribution in [1.29, 1.82) is 0 Å². The molecule has 0 atom stereocenters. The van der Waals surface area contributed by atoms with E-state index in [4.69, 9.17) is 13.9 Å². The lowest BCUT2D eigenvalue weighted by Gasteiger charge is -2.09. The molecule has 10 nitrogen and oxygen atoms in total. The Morgan fingerprint density at radius 3 is 2.44 bits per heavy atom. The number of methoxy groups -OCH3 is 2. The summed E-state index contributed by atoms with van der Waals surface area (Å²) in [5.74, 6) is 0.632. The van der Waals surface area contributed by atoms with Crippen molar-refractivity contribution in [3.05, 3.63) is 78.4 Å². The van der Waals surface area contributed by atoms with Gasteiger partial charge in [-0.15, -0.1) is 5.10 Å². The van der Waals surface area contributed by atoms with Crippen molar-refractivity contribution in [2.45, 2.75) is 4.90 Å². The van der Waals surface area contributed by atoms with Crippen LogP contribution in [0.2, 0.25) is 0 Å². The van der Waals surface area contributed by atoms with Gasteiger partial charge in [0.15, 0.2) is 0 Å². The molecule has 1 aromatic heterocycles. The van der Waals surface area contributed by atoms with Crippen molar-refractivity contribution in [2.24, 2.45) is 0 Å². The summed E-state index contributed by atoms with van der Waals surface area (Å²) < 4.78 is 43.6. The van der Waals surface area contributed by atoms with E-state index in [1.165, 1.54) is 44.6 Å². The predicted molar refractivity (Wildman–Crippen MR) is 124 cm³/mol. The van der Waals surface area contributed by atoms with Crippen LogP contribution in [-0.4, -0.2) is 38.7 Å². The summed E-state index contributed by atoms with van der Waals surface area (Å²) in [6.07, 6.45) is 0. The maximum atomic E-state index is 12.7. The van der Waals surface area contributed by atoms with E-state index in [-0.39, 0.29) is 28.1 Å². The zero-order valence-electron chi connectivity index (χ0n) is 18.2. The van der Waals surface area contributed by atoms with Crippen LogP contribution < -0.4 is 19.5 Å². The van der Waals surface area contributed by atoms with Gasteiger partial charge in [0.05, 0.1) is 24.7 Å². The van der Waals surface area contributed by atoms with Gasteiger partial charge in [0.2, 0.25) is 0 Å². The van der Waals surface area contributed by atoms with Crippen molar-refractivity contribution in [1.82, 2.24) is 10.2 Å². The first kappa shape index (κ1) is 22.8. The van der Waals surface area contributed by atoms with Crippen LogP contribution in [0.15, 0.2) is 82.1 Å². The predicted octanol–water partition coefficient (Wildman–Crippen LogP) is 3.81. The number of hydrogen-bond donors (Lipinski definition) is 2. The molecule has 11 heteroatoms. The lowest BCUT2D eigenvalue weighted by Crippen LogP contribution is -2.15. The van der Waals surface area contributed by atoms with E-state index in [1.807, 2.05) is 0 Å². The van der Waals surface area contributed by atoms with Crippen molar-refractivity contribution < 1.29 is 27.1 Å². The number of rotatable bonds is 8. The van der Waals surface area contributed by atoms with Crippen molar-refractivity contribution in [3.8, 4) is 23.0 Å². The second kappa shape index (κ2) is 9.63. The van der Waals surface area contributed by atoms with Crippen LogP contribution >= 0.6 is 0 Å². The fourth-order valence-electron chi connectivity index (χ4n) is 3.06. The number of sulfonamides is 1. The smallest absolute Gasteiger partial charge is 0.322 e. The van der Waals surface area contributed by atoms with Gasteiger partial charge in [-0.25, -0.2) is 8.42 Å². The molecule has 0 aliphatic heterocycles. The molecule has 2 N–H and O–H groups in total. The molecule has 174 valence electrons. The summed E-state index contributed by atoms with van der Waals surface area (Å²) in [5.41, 5.74) is 0.939. The largest absolute Gasteiger partial charge is 0.497 e. The van der Waals surface area contributed by atoms with Gasteiger partial charge in [0, 0.05) is 17.3 Å². The number of benzene rings is 3. The van der Waals surface area contributed by atoms with Gasteiger partial charge in [0.1, 0.15) is 11.5 Å². The lowest BCUT2D eigenvalue weighted by atomic mass is 10.2. The Morgan fingerprint density at radius 1 is 0.912 bits per heavy atom. The third-order valence-corrected chi connectivity index (χ3v) is 6.11. The van der Waals surface area contributed by atoms with Crippen LogP contribution in [0.3, 0.4) is 0 Å². The van der Waals surface area contributed by atoms with Gasteiger partial charge in [-0.05, 0) is 42.5 Å². The number of hydrogen-bond acceptors (Lipinski definition) is 8. The molecule has 4 rings (SSSR count). The first-order chi connectivity index (χ1) is 16.4. The van der Waals surface area contributed by atoms with Crippen LogP contribution in [-0.2, 0) is 10.0 Å². The van der Waals surface area contributed by atoms with Gasteiger partial charge in [-0.2, -0.15) is 0 Å². The summed E-state index contributed by atoms with van der Waals surface area (Å²) in [6, 6.07) is 18.9. The number of ether oxygens (including phenoxy) is 2. The second-order valence-corrected chi connectivity index (χ2v) is 8.61. The Kier molecular flexibility index (Phi) is 6.46. The van der Waals surface area contributed by atoms with E-state index >= 15 is 0 Å². The number of carbonyl (C=O) groups excluding carboxylic acids is 1. The molecule has 0 aliphatic carbocycles. The topological polar surface area (TPSA) is 133 Å². The zero-order chi connectivity index (χ0) is 24.1. The van der Waals surface area contributed by atoms with Crippen LogP contribution in [0.1, 0.15) is 10.4 Å². The normalized spacial score (nSPS) is 11.0. The third-order valence-electron chi connectivity index (χ3n) is 4.72. The molecule has 3 aromatic carbocycles. The summed E-state index contributed by atoms with van der Waals surface area (Å²) in [6.45, 7) is 0. The fourth-order valence-corrected chi connectivity index (χ4v) is 4.14. The highest BCUT2D eigenvalue weighted by atomic mass is 32.2. The number of aromatic nitrogens is 2. The minimum atomic E-state index is -3.80. The van der Waals surface area contributed by atoms with E-state index in [1.54, 1.807) is 42.5 Å². The highest BCUT2D eigenvalue weighted by Gasteiger charge is 2.18. The monoisotopic (exact) mass is 480 g/mol. The molecule has 1 amide bonds. The van der Waals surface area contributed by atoms with Crippen LogP contribution in [0.25, 0.3) is 11.5 Å². The zero-order valence-corrected chi connectivity index (χ0v) is 19.0. The summed E-state index contributed by atoms with van der Waals surface area (Å²) >= 11 is 0. The molecule has 0 fully saturated rings.